The molecule has 0 aliphatic carbocycles. The molecule has 25 heavy (non-hydrogen) atoms. The number of likely N-dealkylation sites (N-methyl/N-ethyl adjacent to an activating group) is 2. The van der Waals surface area contributed by atoms with Gasteiger partial charge in [-0.25, -0.2) is 0 Å². The molecule has 3 heterocycles. The molecular weight excluding hydrogens is 318 g/mol. The number of amides is 2. The van der Waals surface area contributed by atoms with Crippen LogP contribution in [-0.4, -0.2) is 102 Å². The molecule has 0 saturated carbocycles. The summed E-state index contributed by atoms with van der Waals surface area (Å²) < 4.78 is 0. The lowest BCUT2D eigenvalue weighted by Crippen LogP contribution is -2.48. The first-order valence-corrected chi connectivity index (χ1v) is 9.04. The highest BCUT2D eigenvalue weighted by atomic mass is 16.2. The van der Waals surface area contributed by atoms with Gasteiger partial charge in [-0.2, -0.15) is 0 Å². The minimum Gasteiger partial charge on any atom is -0.336 e. The van der Waals surface area contributed by atoms with Crippen molar-refractivity contribution in [2.75, 3.05) is 66.0 Å². The second-order valence-electron chi connectivity index (χ2n) is 6.75. The van der Waals surface area contributed by atoms with Crippen LogP contribution in [0.2, 0.25) is 0 Å². The summed E-state index contributed by atoms with van der Waals surface area (Å²) in [6, 6.07) is 3.35. The van der Waals surface area contributed by atoms with Crippen molar-refractivity contribution in [3.8, 4) is 0 Å². The first kappa shape index (κ1) is 17.8. The fourth-order valence-corrected chi connectivity index (χ4v) is 3.30. The molecule has 1 aromatic heterocycles. The predicted octanol–water partition coefficient (Wildman–Crippen LogP) is 0.247. The standard InChI is InChI=1S/C18H27N5O2/c1-3-21-8-12-23(13-9-21)18(25)16-14-15(4-5-19-16)17(24)22-10-6-20(2)7-11-22/h4-5,14H,3,6-13H2,1-2H3. The van der Waals surface area contributed by atoms with E-state index >= 15 is 0 Å². The zero-order valence-electron chi connectivity index (χ0n) is 15.1. The molecule has 1 aromatic rings. The highest BCUT2D eigenvalue weighted by Gasteiger charge is 2.24. The Kier molecular flexibility index (Phi) is 5.65. The van der Waals surface area contributed by atoms with Crippen LogP contribution in [0.5, 0.6) is 0 Å². The van der Waals surface area contributed by atoms with Crippen LogP contribution < -0.4 is 0 Å². The molecule has 2 aliphatic heterocycles. The van der Waals surface area contributed by atoms with Crippen molar-refractivity contribution < 1.29 is 9.59 Å². The number of piperazine rings is 2. The summed E-state index contributed by atoms with van der Waals surface area (Å²) in [6.45, 7) is 9.55. The summed E-state index contributed by atoms with van der Waals surface area (Å²) >= 11 is 0. The van der Waals surface area contributed by atoms with E-state index in [9.17, 15) is 9.59 Å². The predicted molar refractivity (Wildman–Crippen MR) is 95.7 cm³/mol. The smallest absolute Gasteiger partial charge is 0.272 e. The Balaban J connectivity index is 1.67. The van der Waals surface area contributed by atoms with Gasteiger partial charge < -0.3 is 19.6 Å². The van der Waals surface area contributed by atoms with Gasteiger partial charge in [-0.3, -0.25) is 14.6 Å². The molecule has 0 N–H and O–H groups in total. The van der Waals surface area contributed by atoms with Crippen LogP contribution in [0, 0.1) is 0 Å². The average Bonchev–Trinajstić information content (AvgIpc) is 2.67. The van der Waals surface area contributed by atoms with Gasteiger partial charge in [0.05, 0.1) is 0 Å². The first-order chi connectivity index (χ1) is 12.1. The molecular formula is C18H27N5O2. The fourth-order valence-electron chi connectivity index (χ4n) is 3.30. The van der Waals surface area contributed by atoms with Gasteiger partial charge in [0.15, 0.2) is 0 Å². The van der Waals surface area contributed by atoms with E-state index in [4.69, 9.17) is 0 Å². The van der Waals surface area contributed by atoms with E-state index in [-0.39, 0.29) is 11.8 Å². The van der Waals surface area contributed by atoms with E-state index in [1.807, 2.05) is 9.80 Å². The maximum atomic E-state index is 12.7. The Morgan fingerprint density at radius 3 is 2.20 bits per heavy atom. The summed E-state index contributed by atoms with van der Waals surface area (Å²) in [5.41, 5.74) is 0.917. The molecule has 2 amide bonds. The minimum absolute atomic E-state index is 0.0136. The van der Waals surface area contributed by atoms with Crippen LogP contribution in [0.3, 0.4) is 0 Å². The van der Waals surface area contributed by atoms with Crippen molar-refractivity contribution >= 4 is 11.8 Å². The van der Waals surface area contributed by atoms with Gasteiger partial charge in [0.2, 0.25) is 0 Å². The summed E-state index contributed by atoms with van der Waals surface area (Å²) in [4.78, 5) is 37.8. The number of nitrogens with zero attached hydrogens (tertiary/aromatic N) is 5. The SMILES string of the molecule is CCN1CCN(C(=O)c2cc(C(=O)N3CCN(C)CC3)ccn2)CC1. The lowest BCUT2D eigenvalue weighted by molar-refractivity contribution is 0.0637. The molecule has 136 valence electrons. The van der Waals surface area contributed by atoms with Crippen molar-refractivity contribution in [3.63, 3.8) is 0 Å². The molecule has 0 radical (unpaired) electrons. The van der Waals surface area contributed by atoms with Gasteiger partial charge in [0.1, 0.15) is 5.69 Å². The number of aromatic nitrogens is 1. The first-order valence-electron chi connectivity index (χ1n) is 9.04. The molecule has 0 aromatic carbocycles. The van der Waals surface area contributed by atoms with Gasteiger partial charge in [-0.1, -0.05) is 6.92 Å². The van der Waals surface area contributed by atoms with Crippen LogP contribution >= 0.6 is 0 Å². The third kappa shape index (κ3) is 4.16. The molecule has 3 rings (SSSR count). The van der Waals surface area contributed by atoms with Crippen molar-refractivity contribution in [1.29, 1.82) is 0 Å². The fraction of sp³-hybridized carbons (Fsp3) is 0.611. The Morgan fingerprint density at radius 2 is 1.56 bits per heavy atom. The Hall–Kier alpha value is -1.99. The third-order valence-corrected chi connectivity index (χ3v) is 5.12. The van der Waals surface area contributed by atoms with Crippen LogP contribution in [0.15, 0.2) is 18.3 Å². The van der Waals surface area contributed by atoms with Crippen molar-refractivity contribution in [1.82, 2.24) is 24.6 Å². The number of hydrogen-bond donors (Lipinski definition) is 0. The average molecular weight is 345 g/mol. The van der Waals surface area contributed by atoms with E-state index in [1.165, 1.54) is 0 Å². The third-order valence-electron chi connectivity index (χ3n) is 5.12. The molecule has 2 saturated heterocycles. The van der Waals surface area contributed by atoms with Crippen LogP contribution in [0.1, 0.15) is 27.8 Å². The highest BCUT2D eigenvalue weighted by molar-refractivity contribution is 5.98. The molecule has 2 aliphatic rings. The molecule has 7 nitrogen and oxygen atoms in total. The second-order valence-corrected chi connectivity index (χ2v) is 6.75. The maximum absolute atomic E-state index is 12.7. The number of rotatable bonds is 3. The van der Waals surface area contributed by atoms with Gasteiger partial charge in [-0.15, -0.1) is 0 Å². The normalized spacial score (nSPS) is 19.9. The maximum Gasteiger partial charge on any atom is 0.272 e. The second kappa shape index (κ2) is 7.93. The van der Waals surface area contributed by atoms with Gasteiger partial charge in [-0.05, 0) is 25.7 Å². The van der Waals surface area contributed by atoms with E-state index in [0.29, 0.717) is 24.3 Å². The molecule has 0 bridgehead atoms. The van der Waals surface area contributed by atoms with Crippen LogP contribution in [-0.2, 0) is 0 Å². The largest absolute Gasteiger partial charge is 0.336 e. The lowest BCUT2D eigenvalue weighted by Gasteiger charge is -2.34. The van der Waals surface area contributed by atoms with Gasteiger partial charge in [0, 0.05) is 64.1 Å². The number of pyridine rings is 1. The molecule has 0 unspecified atom stereocenters. The summed E-state index contributed by atoms with van der Waals surface area (Å²) in [6.07, 6.45) is 1.57. The zero-order valence-corrected chi connectivity index (χ0v) is 15.1. The quantitative estimate of drug-likeness (QED) is 0.786. The number of hydrogen-bond acceptors (Lipinski definition) is 5. The van der Waals surface area contributed by atoms with E-state index < -0.39 is 0 Å². The van der Waals surface area contributed by atoms with E-state index in [0.717, 1.165) is 45.8 Å². The summed E-state index contributed by atoms with van der Waals surface area (Å²) in [5, 5.41) is 0. The van der Waals surface area contributed by atoms with Crippen molar-refractivity contribution in [2.24, 2.45) is 0 Å². The topological polar surface area (TPSA) is 60.0 Å². The van der Waals surface area contributed by atoms with E-state index in [1.54, 1.807) is 18.3 Å². The van der Waals surface area contributed by atoms with E-state index in [2.05, 4.69) is 28.8 Å². The van der Waals surface area contributed by atoms with Crippen molar-refractivity contribution in [3.05, 3.63) is 29.6 Å². The molecule has 2 fully saturated rings. The molecule has 0 atom stereocenters. The van der Waals surface area contributed by atoms with Gasteiger partial charge >= 0.3 is 0 Å². The highest BCUT2D eigenvalue weighted by Crippen LogP contribution is 2.12. The summed E-state index contributed by atoms with van der Waals surface area (Å²) in [5.74, 6) is -0.0934. The monoisotopic (exact) mass is 345 g/mol. The van der Waals surface area contributed by atoms with Gasteiger partial charge in [0.25, 0.3) is 11.8 Å². The van der Waals surface area contributed by atoms with Crippen LogP contribution in [0.25, 0.3) is 0 Å². The molecule has 0 spiro atoms. The number of carbonyl (C=O) groups excluding carboxylic acids is 2. The Morgan fingerprint density at radius 1 is 0.960 bits per heavy atom. The van der Waals surface area contributed by atoms with Crippen LogP contribution in [0.4, 0.5) is 0 Å². The minimum atomic E-state index is -0.0798. The summed E-state index contributed by atoms with van der Waals surface area (Å²) in [7, 11) is 2.06. The Bertz CT molecular complexity index is 620. The molecule has 7 heteroatoms. The zero-order chi connectivity index (χ0) is 17.8. The lowest BCUT2D eigenvalue weighted by atomic mass is 10.1. The number of carbonyl (C=O) groups is 2. The van der Waals surface area contributed by atoms with Crippen molar-refractivity contribution in [2.45, 2.75) is 6.92 Å². The Labute approximate surface area is 149 Å².